The van der Waals surface area contributed by atoms with Gasteiger partial charge in [-0.2, -0.15) is 0 Å². The van der Waals surface area contributed by atoms with E-state index in [1.54, 1.807) is 18.4 Å². The number of benzene rings is 1. The van der Waals surface area contributed by atoms with Crippen molar-refractivity contribution < 1.29 is 13.6 Å². The van der Waals surface area contributed by atoms with Gasteiger partial charge in [0, 0.05) is 44.1 Å². The number of oxazole rings is 1. The number of guanidine groups is 1. The Morgan fingerprint density at radius 3 is 2.68 bits per heavy atom. The molecule has 0 aliphatic heterocycles. The molecule has 2 aromatic rings. The second-order valence-corrected chi connectivity index (χ2v) is 6.65. The number of carbonyl (C=O) groups is 1. The zero-order chi connectivity index (χ0) is 19.8. The number of nitrogens with zero attached hydrogens (tertiary/aromatic N) is 2. The van der Waals surface area contributed by atoms with Crippen molar-refractivity contribution in [3.8, 4) is 11.5 Å². The Balaban J connectivity index is 1.44. The molecule has 7 nitrogen and oxygen atoms in total. The number of hydrogen-bond acceptors (Lipinski definition) is 4. The molecule has 0 spiro atoms. The highest BCUT2D eigenvalue weighted by atomic mass is 19.1. The van der Waals surface area contributed by atoms with Crippen LogP contribution >= 0.6 is 0 Å². The Morgan fingerprint density at radius 2 is 1.96 bits per heavy atom. The first-order valence-electron chi connectivity index (χ1n) is 9.66. The Morgan fingerprint density at radius 1 is 1.21 bits per heavy atom. The molecule has 0 atom stereocenters. The van der Waals surface area contributed by atoms with Crippen molar-refractivity contribution in [2.45, 2.75) is 26.2 Å². The molecule has 0 bridgehead atoms. The maximum Gasteiger partial charge on any atom is 0.226 e. The first-order valence-corrected chi connectivity index (χ1v) is 9.66. The summed E-state index contributed by atoms with van der Waals surface area (Å²) in [6.07, 6.45) is 4.24. The van der Waals surface area contributed by atoms with Gasteiger partial charge >= 0.3 is 0 Å². The minimum atomic E-state index is -0.291. The number of aromatic nitrogens is 1. The zero-order valence-corrected chi connectivity index (χ0v) is 16.0. The van der Waals surface area contributed by atoms with Crippen LogP contribution in [0.5, 0.6) is 0 Å². The maximum atomic E-state index is 13.0. The molecule has 0 saturated heterocycles. The molecule has 1 heterocycles. The number of hydrogen-bond donors (Lipinski definition) is 3. The van der Waals surface area contributed by atoms with Crippen LogP contribution in [0.15, 0.2) is 39.9 Å². The van der Waals surface area contributed by atoms with E-state index in [9.17, 15) is 9.18 Å². The summed E-state index contributed by atoms with van der Waals surface area (Å²) in [5, 5.41) is 9.29. The Bertz CT molecular complexity index is 799. The lowest BCUT2D eigenvalue weighted by atomic mass is 10.2. The van der Waals surface area contributed by atoms with Gasteiger partial charge in [-0.05, 0) is 44.0 Å². The molecule has 3 rings (SSSR count). The molecule has 1 aliphatic carbocycles. The van der Waals surface area contributed by atoms with Crippen molar-refractivity contribution >= 4 is 11.9 Å². The van der Waals surface area contributed by atoms with Gasteiger partial charge in [-0.25, -0.2) is 9.37 Å². The molecule has 1 saturated carbocycles. The number of amides is 1. The topological polar surface area (TPSA) is 91.6 Å². The third-order valence-electron chi connectivity index (χ3n) is 4.29. The van der Waals surface area contributed by atoms with E-state index in [4.69, 9.17) is 4.42 Å². The summed E-state index contributed by atoms with van der Waals surface area (Å²) in [7, 11) is 0. The standard InChI is InChI=1S/C20H26FN5O2/c1-2-22-20(25-12-11-23-18(27)14-3-4-14)24-10-9-17-13-28-19(26-17)15-5-7-16(21)8-6-15/h5-8,13-14H,2-4,9-12H2,1H3,(H,23,27)(H2,22,24,25). The van der Waals surface area contributed by atoms with Gasteiger partial charge in [0.1, 0.15) is 12.1 Å². The van der Waals surface area contributed by atoms with Gasteiger partial charge in [-0.3, -0.25) is 9.79 Å². The number of aliphatic imine (C=N–C) groups is 1. The molecule has 150 valence electrons. The van der Waals surface area contributed by atoms with E-state index in [-0.39, 0.29) is 17.6 Å². The molecular weight excluding hydrogens is 361 g/mol. The number of halogens is 1. The molecular formula is C20H26FN5O2. The van der Waals surface area contributed by atoms with Crippen LogP contribution in [0.2, 0.25) is 0 Å². The number of rotatable bonds is 9. The van der Waals surface area contributed by atoms with E-state index < -0.39 is 0 Å². The number of carbonyl (C=O) groups excluding carboxylic acids is 1. The van der Waals surface area contributed by atoms with Crippen molar-refractivity contribution in [1.82, 2.24) is 20.9 Å². The van der Waals surface area contributed by atoms with Gasteiger partial charge in [0.05, 0.1) is 5.69 Å². The summed E-state index contributed by atoms with van der Waals surface area (Å²) >= 11 is 0. The van der Waals surface area contributed by atoms with Gasteiger partial charge in [-0.1, -0.05) is 0 Å². The average molecular weight is 387 g/mol. The van der Waals surface area contributed by atoms with Crippen LogP contribution in [-0.2, 0) is 11.2 Å². The molecule has 3 N–H and O–H groups in total. The van der Waals surface area contributed by atoms with Crippen LogP contribution in [-0.4, -0.2) is 43.0 Å². The van der Waals surface area contributed by atoms with Crippen molar-refractivity contribution in [3.05, 3.63) is 42.0 Å². The fourth-order valence-corrected chi connectivity index (χ4v) is 2.63. The van der Waals surface area contributed by atoms with Gasteiger partial charge in [0.2, 0.25) is 11.8 Å². The van der Waals surface area contributed by atoms with Crippen molar-refractivity contribution in [1.29, 1.82) is 0 Å². The van der Waals surface area contributed by atoms with E-state index in [1.807, 2.05) is 6.92 Å². The minimum Gasteiger partial charge on any atom is -0.444 e. The maximum absolute atomic E-state index is 13.0. The van der Waals surface area contributed by atoms with E-state index in [0.717, 1.165) is 30.6 Å². The molecule has 1 fully saturated rings. The monoisotopic (exact) mass is 387 g/mol. The molecule has 0 radical (unpaired) electrons. The summed E-state index contributed by atoms with van der Waals surface area (Å²) in [6.45, 7) is 4.48. The highest BCUT2D eigenvalue weighted by Gasteiger charge is 2.28. The van der Waals surface area contributed by atoms with Crippen LogP contribution in [0.25, 0.3) is 11.5 Å². The highest BCUT2D eigenvalue weighted by Crippen LogP contribution is 2.28. The zero-order valence-electron chi connectivity index (χ0n) is 16.0. The van der Waals surface area contributed by atoms with Crippen LogP contribution in [0.1, 0.15) is 25.5 Å². The second kappa shape index (κ2) is 9.87. The van der Waals surface area contributed by atoms with Crippen molar-refractivity contribution in [2.24, 2.45) is 10.9 Å². The predicted molar refractivity (Wildman–Crippen MR) is 105 cm³/mol. The SMILES string of the molecule is CCNC(=NCCc1coc(-c2ccc(F)cc2)n1)NCCNC(=O)C1CC1. The third-order valence-corrected chi connectivity index (χ3v) is 4.29. The quantitative estimate of drug-likeness (QED) is 0.348. The first kappa shape index (κ1) is 19.9. The predicted octanol–water partition coefficient (Wildman–Crippen LogP) is 2.10. The van der Waals surface area contributed by atoms with Gasteiger partial charge in [0.25, 0.3) is 0 Å². The summed E-state index contributed by atoms with van der Waals surface area (Å²) in [4.78, 5) is 20.5. The van der Waals surface area contributed by atoms with E-state index in [0.29, 0.717) is 37.9 Å². The van der Waals surface area contributed by atoms with Crippen LogP contribution < -0.4 is 16.0 Å². The Kier molecular flexibility index (Phi) is 7.00. The molecule has 1 aromatic carbocycles. The lowest BCUT2D eigenvalue weighted by Gasteiger charge is -2.11. The van der Waals surface area contributed by atoms with Crippen LogP contribution in [0.3, 0.4) is 0 Å². The highest BCUT2D eigenvalue weighted by molar-refractivity contribution is 5.81. The molecule has 1 aromatic heterocycles. The third kappa shape index (κ3) is 6.07. The summed E-state index contributed by atoms with van der Waals surface area (Å²) < 4.78 is 18.5. The Hall–Kier alpha value is -2.90. The second-order valence-electron chi connectivity index (χ2n) is 6.65. The fourth-order valence-electron chi connectivity index (χ4n) is 2.63. The molecule has 8 heteroatoms. The molecule has 1 amide bonds. The lowest BCUT2D eigenvalue weighted by molar-refractivity contribution is -0.122. The first-order chi connectivity index (χ1) is 13.7. The summed E-state index contributed by atoms with van der Waals surface area (Å²) in [5.41, 5.74) is 1.52. The fraction of sp³-hybridized carbons (Fsp3) is 0.450. The Labute approximate surface area is 163 Å². The van der Waals surface area contributed by atoms with E-state index >= 15 is 0 Å². The van der Waals surface area contributed by atoms with E-state index in [2.05, 4.69) is 25.9 Å². The van der Waals surface area contributed by atoms with Gasteiger partial charge in [-0.15, -0.1) is 0 Å². The summed E-state index contributed by atoms with van der Waals surface area (Å²) in [5.74, 6) is 1.25. The average Bonchev–Trinajstić information content (AvgIpc) is 3.45. The van der Waals surface area contributed by atoms with Crippen molar-refractivity contribution in [2.75, 3.05) is 26.2 Å². The smallest absolute Gasteiger partial charge is 0.226 e. The van der Waals surface area contributed by atoms with Crippen molar-refractivity contribution in [3.63, 3.8) is 0 Å². The largest absolute Gasteiger partial charge is 0.444 e. The lowest BCUT2D eigenvalue weighted by Crippen LogP contribution is -2.41. The normalized spacial score (nSPS) is 14.0. The molecule has 28 heavy (non-hydrogen) atoms. The van der Waals surface area contributed by atoms with Gasteiger partial charge < -0.3 is 20.4 Å². The van der Waals surface area contributed by atoms with Crippen LogP contribution in [0.4, 0.5) is 4.39 Å². The number of nitrogens with one attached hydrogen (secondary N) is 3. The summed E-state index contributed by atoms with van der Waals surface area (Å²) in [6, 6.07) is 6.03. The van der Waals surface area contributed by atoms with Crippen LogP contribution in [0, 0.1) is 11.7 Å². The molecule has 1 aliphatic rings. The van der Waals surface area contributed by atoms with Gasteiger partial charge in [0.15, 0.2) is 5.96 Å². The molecule has 0 unspecified atom stereocenters. The minimum absolute atomic E-state index is 0.145. The van der Waals surface area contributed by atoms with E-state index in [1.165, 1.54) is 12.1 Å².